The van der Waals surface area contributed by atoms with Crippen LogP contribution in [0.5, 0.6) is 0 Å². The predicted octanol–water partition coefficient (Wildman–Crippen LogP) is 5.46. The Morgan fingerprint density at radius 1 is 1.00 bits per heavy atom. The zero-order chi connectivity index (χ0) is 22.3. The van der Waals surface area contributed by atoms with Crippen molar-refractivity contribution in [2.24, 2.45) is 0 Å². The topological polar surface area (TPSA) is 54.3 Å². The second-order valence-corrected chi connectivity index (χ2v) is 8.40. The van der Waals surface area contributed by atoms with Gasteiger partial charge in [0.1, 0.15) is 5.70 Å². The number of urea groups is 1. The van der Waals surface area contributed by atoms with E-state index in [2.05, 4.69) is 9.88 Å². The van der Waals surface area contributed by atoms with Crippen LogP contribution < -0.4 is 5.32 Å². The molecule has 5 nitrogen and oxygen atoms in total. The summed E-state index contributed by atoms with van der Waals surface area (Å²) in [5, 5.41) is 3.39. The molecule has 1 fully saturated rings. The lowest BCUT2D eigenvalue weighted by Gasteiger charge is -2.13. The van der Waals surface area contributed by atoms with Crippen LogP contribution in [0.2, 0.25) is 5.02 Å². The third kappa shape index (κ3) is 4.01. The average molecular weight is 434 g/mol. The molecule has 1 aliphatic heterocycles. The summed E-state index contributed by atoms with van der Waals surface area (Å²) in [5.41, 5.74) is 7.23. The van der Waals surface area contributed by atoms with E-state index in [4.69, 9.17) is 11.6 Å². The van der Waals surface area contributed by atoms with Gasteiger partial charge in [0.05, 0.1) is 6.54 Å². The van der Waals surface area contributed by atoms with Crippen molar-refractivity contribution >= 4 is 29.6 Å². The number of benzene rings is 2. The normalized spacial score (nSPS) is 15.1. The van der Waals surface area contributed by atoms with Gasteiger partial charge >= 0.3 is 6.03 Å². The number of nitrogens with one attached hydrogen (secondary N) is 1. The number of imide groups is 1. The Bertz CT molecular complexity index is 1240. The summed E-state index contributed by atoms with van der Waals surface area (Å²) < 4.78 is 2.11. The summed E-state index contributed by atoms with van der Waals surface area (Å²) in [6, 6.07) is 15.2. The van der Waals surface area contributed by atoms with Crippen molar-refractivity contribution in [1.82, 2.24) is 14.8 Å². The highest BCUT2D eigenvalue weighted by Gasteiger charge is 2.33. The zero-order valence-corrected chi connectivity index (χ0v) is 18.7. The summed E-state index contributed by atoms with van der Waals surface area (Å²) >= 11 is 6.22. The van der Waals surface area contributed by atoms with Crippen LogP contribution in [0, 0.1) is 27.7 Å². The molecule has 1 saturated heterocycles. The highest BCUT2D eigenvalue weighted by molar-refractivity contribution is 6.30. The Labute approximate surface area is 186 Å². The fourth-order valence-electron chi connectivity index (χ4n) is 3.99. The number of hydrogen-bond donors (Lipinski definition) is 1. The molecule has 0 saturated carbocycles. The van der Waals surface area contributed by atoms with Crippen molar-refractivity contribution < 1.29 is 9.59 Å². The maximum atomic E-state index is 12.9. The number of nitrogens with zero attached hydrogens (tertiary/aromatic N) is 2. The van der Waals surface area contributed by atoms with Gasteiger partial charge in [0.25, 0.3) is 5.91 Å². The van der Waals surface area contributed by atoms with Gasteiger partial charge in [0.2, 0.25) is 0 Å². The molecule has 2 heterocycles. The van der Waals surface area contributed by atoms with Gasteiger partial charge in [-0.2, -0.15) is 0 Å². The predicted molar refractivity (Wildman–Crippen MR) is 123 cm³/mol. The maximum Gasteiger partial charge on any atom is 0.329 e. The van der Waals surface area contributed by atoms with Crippen molar-refractivity contribution in [1.29, 1.82) is 0 Å². The van der Waals surface area contributed by atoms with E-state index in [0.29, 0.717) is 5.02 Å². The van der Waals surface area contributed by atoms with Crippen molar-refractivity contribution in [3.63, 3.8) is 0 Å². The van der Waals surface area contributed by atoms with Gasteiger partial charge in [-0.25, -0.2) is 4.79 Å². The fourth-order valence-corrected chi connectivity index (χ4v) is 4.16. The number of carbonyl (C=O) groups excluding carboxylic acids is 2. The molecule has 0 atom stereocenters. The van der Waals surface area contributed by atoms with E-state index < -0.39 is 6.03 Å². The molecule has 1 aromatic heterocycles. The molecule has 2 aromatic carbocycles. The number of halogens is 1. The van der Waals surface area contributed by atoms with Gasteiger partial charge in [-0.3, -0.25) is 9.69 Å². The van der Waals surface area contributed by atoms with Gasteiger partial charge in [-0.1, -0.05) is 47.5 Å². The molecule has 0 bridgehead atoms. The second-order valence-electron chi connectivity index (χ2n) is 7.96. The maximum absolute atomic E-state index is 12.9. The molecular weight excluding hydrogens is 410 g/mol. The second kappa shape index (κ2) is 8.08. The van der Waals surface area contributed by atoms with E-state index >= 15 is 0 Å². The molecule has 1 aliphatic rings. The van der Waals surface area contributed by atoms with Crippen LogP contribution in [0.15, 0.2) is 54.2 Å². The summed E-state index contributed by atoms with van der Waals surface area (Å²) in [5.74, 6) is -0.324. The lowest BCUT2D eigenvalue weighted by atomic mass is 10.1. The van der Waals surface area contributed by atoms with Crippen molar-refractivity contribution in [2.75, 3.05) is 0 Å². The number of amides is 3. The monoisotopic (exact) mass is 433 g/mol. The van der Waals surface area contributed by atoms with Crippen LogP contribution in [-0.2, 0) is 11.3 Å². The molecule has 6 heteroatoms. The molecule has 3 amide bonds. The van der Waals surface area contributed by atoms with Crippen LogP contribution in [0.1, 0.15) is 33.6 Å². The Morgan fingerprint density at radius 3 is 2.52 bits per heavy atom. The summed E-state index contributed by atoms with van der Waals surface area (Å²) in [7, 11) is 0. The van der Waals surface area contributed by atoms with Crippen molar-refractivity contribution in [3.05, 3.63) is 92.9 Å². The van der Waals surface area contributed by atoms with Crippen LogP contribution in [0.25, 0.3) is 11.8 Å². The average Bonchev–Trinajstić information content (AvgIpc) is 3.13. The highest BCUT2D eigenvalue weighted by atomic mass is 35.5. The first kappa shape index (κ1) is 20.9. The SMILES string of the molecule is Cc1cccc(CN2C(=O)N/C(=C/c3cc(C)n(-c4cc(Cl)ccc4C)c3C)C2=O)c1. The largest absolute Gasteiger partial charge is 0.329 e. The molecular formula is C25H24ClN3O2. The Morgan fingerprint density at radius 2 is 1.77 bits per heavy atom. The zero-order valence-electron chi connectivity index (χ0n) is 18.0. The number of hydrogen-bond acceptors (Lipinski definition) is 2. The van der Waals surface area contributed by atoms with E-state index in [9.17, 15) is 9.59 Å². The summed E-state index contributed by atoms with van der Waals surface area (Å²) in [6.45, 7) is 8.26. The van der Waals surface area contributed by atoms with Crippen LogP contribution in [0.4, 0.5) is 4.79 Å². The number of rotatable bonds is 4. The van der Waals surface area contributed by atoms with Gasteiger partial charge in [0.15, 0.2) is 0 Å². The van der Waals surface area contributed by atoms with E-state index in [-0.39, 0.29) is 18.1 Å². The quantitative estimate of drug-likeness (QED) is 0.439. The minimum Gasteiger partial charge on any atom is -0.318 e. The minimum atomic E-state index is -0.405. The molecule has 0 unspecified atom stereocenters. The highest BCUT2D eigenvalue weighted by Crippen LogP contribution is 2.27. The molecule has 0 aliphatic carbocycles. The Balaban J connectivity index is 1.66. The minimum absolute atomic E-state index is 0.240. The van der Waals surface area contributed by atoms with Crippen LogP contribution in [0.3, 0.4) is 0 Å². The third-order valence-electron chi connectivity index (χ3n) is 5.57. The Hall–Kier alpha value is -3.31. The van der Waals surface area contributed by atoms with Crippen LogP contribution in [-0.4, -0.2) is 21.4 Å². The number of carbonyl (C=O) groups is 2. The lowest BCUT2D eigenvalue weighted by Crippen LogP contribution is -2.30. The molecule has 0 spiro atoms. The van der Waals surface area contributed by atoms with Gasteiger partial charge in [0, 0.05) is 22.1 Å². The Kier molecular flexibility index (Phi) is 5.46. The van der Waals surface area contributed by atoms with E-state index in [1.54, 1.807) is 6.08 Å². The van der Waals surface area contributed by atoms with Gasteiger partial charge in [-0.05, 0) is 68.7 Å². The third-order valence-corrected chi connectivity index (χ3v) is 5.80. The van der Waals surface area contributed by atoms with E-state index in [0.717, 1.165) is 39.3 Å². The molecule has 3 aromatic rings. The van der Waals surface area contributed by atoms with E-state index in [1.807, 2.05) is 76.2 Å². The summed E-state index contributed by atoms with van der Waals surface area (Å²) in [6.07, 6.45) is 1.75. The van der Waals surface area contributed by atoms with Gasteiger partial charge < -0.3 is 9.88 Å². The van der Waals surface area contributed by atoms with Crippen LogP contribution >= 0.6 is 11.6 Å². The molecule has 0 radical (unpaired) electrons. The van der Waals surface area contributed by atoms with Crippen molar-refractivity contribution in [2.45, 2.75) is 34.2 Å². The fraction of sp³-hybridized carbons (Fsp3) is 0.200. The first-order chi connectivity index (χ1) is 14.7. The van der Waals surface area contributed by atoms with E-state index in [1.165, 1.54) is 4.90 Å². The summed E-state index contributed by atoms with van der Waals surface area (Å²) in [4.78, 5) is 26.6. The molecule has 158 valence electrons. The van der Waals surface area contributed by atoms with Gasteiger partial charge in [-0.15, -0.1) is 0 Å². The smallest absolute Gasteiger partial charge is 0.318 e. The first-order valence-electron chi connectivity index (χ1n) is 10.1. The van der Waals surface area contributed by atoms with Crippen molar-refractivity contribution in [3.8, 4) is 5.69 Å². The first-order valence-corrected chi connectivity index (χ1v) is 10.5. The standard InChI is InChI=1S/C25H24ClN3O2/c1-15-6-5-7-19(10-15)14-28-24(30)22(27-25(28)31)12-20-11-17(3)29(18(20)4)23-13-21(26)9-8-16(23)2/h5-13H,14H2,1-4H3,(H,27,31)/b22-12+. The molecule has 1 N–H and O–H groups in total. The molecule has 31 heavy (non-hydrogen) atoms. The number of aryl methyl sites for hydroxylation is 3. The number of aromatic nitrogens is 1. The lowest BCUT2D eigenvalue weighted by molar-refractivity contribution is -0.123. The molecule has 4 rings (SSSR count).